The molecule has 1 saturated carbocycles. The van der Waals surface area contributed by atoms with E-state index in [9.17, 15) is 0 Å². The van der Waals surface area contributed by atoms with Crippen molar-refractivity contribution >= 4 is 19.8 Å². The van der Waals surface area contributed by atoms with E-state index in [-0.39, 0.29) is 0 Å². The Balaban J connectivity index is 2.49. The van der Waals surface area contributed by atoms with Crippen molar-refractivity contribution in [2.75, 3.05) is 0 Å². The van der Waals surface area contributed by atoms with Gasteiger partial charge in [0.2, 0.25) is 0 Å². The summed E-state index contributed by atoms with van der Waals surface area (Å²) in [5.41, 5.74) is 0. The van der Waals surface area contributed by atoms with Crippen LogP contribution in [0.4, 0.5) is 0 Å². The molecule has 0 aliphatic heterocycles. The molecule has 0 amide bonds. The van der Waals surface area contributed by atoms with Gasteiger partial charge in [0.1, 0.15) is 0 Å². The molecule has 1 heteroatoms. The number of hydrogen-bond acceptors (Lipinski definition) is 0. The van der Waals surface area contributed by atoms with E-state index in [1.54, 1.807) is 25.7 Å². The van der Waals surface area contributed by atoms with Gasteiger partial charge in [0.25, 0.3) is 0 Å². The molecule has 1 rings (SSSR count). The van der Waals surface area contributed by atoms with Crippen LogP contribution in [0.3, 0.4) is 0 Å². The monoisotopic (exact) mass is 318 g/mol. The van der Waals surface area contributed by atoms with Crippen LogP contribution in [0.1, 0.15) is 65.7 Å². The molecule has 1 aliphatic rings. The zero-order valence-electron chi connectivity index (χ0n) is 11.3. The van der Waals surface area contributed by atoms with Gasteiger partial charge in [-0.25, -0.2) is 0 Å². The van der Waals surface area contributed by atoms with Crippen molar-refractivity contribution in [2.45, 2.75) is 78.5 Å². The molecule has 15 heavy (non-hydrogen) atoms. The Morgan fingerprint density at radius 3 is 2.47 bits per heavy atom. The predicted molar refractivity (Wildman–Crippen MR) is 73.3 cm³/mol. The van der Waals surface area contributed by atoms with E-state index in [0.29, 0.717) is 0 Å². The summed E-state index contributed by atoms with van der Waals surface area (Å²) >= 11 is -1.17. The van der Waals surface area contributed by atoms with Gasteiger partial charge >= 0.3 is 104 Å². The van der Waals surface area contributed by atoms with Crippen LogP contribution in [-0.4, -0.2) is 19.8 Å². The molecule has 0 heterocycles. The van der Waals surface area contributed by atoms with Gasteiger partial charge < -0.3 is 0 Å². The van der Waals surface area contributed by atoms with Gasteiger partial charge in [-0.05, 0) is 0 Å². The first kappa shape index (κ1) is 13.9. The summed E-state index contributed by atoms with van der Waals surface area (Å²) < 4.78 is 2.33. The van der Waals surface area contributed by atoms with Crippen molar-refractivity contribution in [1.29, 1.82) is 0 Å². The molecule has 0 bridgehead atoms. The third-order valence-electron chi connectivity index (χ3n) is 4.62. The van der Waals surface area contributed by atoms with E-state index >= 15 is 0 Å². The van der Waals surface area contributed by atoms with Crippen LogP contribution in [0.15, 0.2) is 0 Å². The van der Waals surface area contributed by atoms with Crippen molar-refractivity contribution < 1.29 is 0 Å². The molecule has 0 aromatic heterocycles. The van der Waals surface area contributed by atoms with Crippen LogP contribution in [-0.2, 0) is 0 Å². The second-order valence-corrected chi connectivity index (χ2v) is 17.1. The number of rotatable bonds is 5. The van der Waals surface area contributed by atoms with Crippen molar-refractivity contribution in [3.05, 3.63) is 0 Å². The van der Waals surface area contributed by atoms with Gasteiger partial charge in [0.05, 0.1) is 0 Å². The van der Waals surface area contributed by atoms with Gasteiger partial charge in [-0.2, -0.15) is 0 Å². The molecule has 1 aliphatic carbocycles. The quantitative estimate of drug-likeness (QED) is 0.626. The Kier molecular flexibility index (Phi) is 6.64. The average Bonchev–Trinajstić information content (AvgIpc) is 2.25. The van der Waals surface area contributed by atoms with Crippen LogP contribution in [0, 0.1) is 5.92 Å². The first-order chi connectivity index (χ1) is 7.16. The third kappa shape index (κ3) is 4.28. The molecule has 0 saturated heterocycles. The standard InChI is InChI=1S/C10H19.C3H7.CH3.Sn.H/c1-2-3-7-10-8-5-4-6-9-10;1-3-2;;;/h8,10H,2-7,9H2,1H3;3H,1-2H3;1H3;;. The fraction of sp³-hybridized carbons (Fsp3) is 1.00. The summed E-state index contributed by atoms with van der Waals surface area (Å²) in [4.78, 5) is 2.70. The molecule has 3 unspecified atom stereocenters. The van der Waals surface area contributed by atoms with E-state index in [2.05, 4.69) is 25.7 Å². The normalized spacial score (nSPS) is 29.4. The summed E-state index contributed by atoms with van der Waals surface area (Å²) in [6, 6.07) is 0. The van der Waals surface area contributed by atoms with E-state index in [1.807, 2.05) is 0 Å². The molecule has 0 radical (unpaired) electrons. The van der Waals surface area contributed by atoms with Crippen molar-refractivity contribution in [2.24, 2.45) is 5.92 Å². The Labute approximate surface area is 104 Å². The molecular formula is C14H30Sn. The topological polar surface area (TPSA) is 0 Å². The van der Waals surface area contributed by atoms with Crippen molar-refractivity contribution in [3.63, 3.8) is 0 Å². The van der Waals surface area contributed by atoms with E-state index in [1.165, 1.54) is 23.2 Å². The SMILES string of the molecule is CCCCC1CCCC[CH]1[SnH]([CH3])[CH](C)C. The molecule has 90 valence electrons. The van der Waals surface area contributed by atoms with E-state index < -0.39 is 19.8 Å². The van der Waals surface area contributed by atoms with Crippen LogP contribution in [0.2, 0.25) is 12.8 Å². The molecule has 0 aromatic carbocycles. The Morgan fingerprint density at radius 1 is 1.20 bits per heavy atom. The Bertz CT molecular complexity index is 165. The molecule has 0 spiro atoms. The van der Waals surface area contributed by atoms with Gasteiger partial charge in [-0.1, -0.05) is 0 Å². The van der Waals surface area contributed by atoms with Crippen molar-refractivity contribution in [3.8, 4) is 0 Å². The van der Waals surface area contributed by atoms with E-state index in [4.69, 9.17) is 0 Å². The molecule has 0 nitrogen and oxygen atoms in total. The first-order valence-corrected chi connectivity index (χ1v) is 14.3. The second-order valence-electron chi connectivity index (χ2n) is 5.95. The minimum absolute atomic E-state index is 1.08. The summed E-state index contributed by atoms with van der Waals surface area (Å²) in [5, 5.41) is 0. The summed E-state index contributed by atoms with van der Waals surface area (Å²) in [6.45, 7) is 7.32. The third-order valence-corrected chi connectivity index (χ3v) is 17.0. The maximum absolute atomic E-state index is 2.70. The van der Waals surface area contributed by atoms with Crippen LogP contribution < -0.4 is 0 Å². The van der Waals surface area contributed by atoms with Crippen LogP contribution in [0.5, 0.6) is 0 Å². The molecule has 1 fully saturated rings. The Morgan fingerprint density at radius 2 is 1.87 bits per heavy atom. The zero-order chi connectivity index (χ0) is 11.3. The van der Waals surface area contributed by atoms with Crippen LogP contribution >= 0.6 is 0 Å². The predicted octanol–water partition coefficient (Wildman–Crippen LogP) is 5.00. The van der Waals surface area contributed by atoms with Gasteiger partial charge in [0.15, 0.2) is 0 Å². The summed E-state index contributed by atoms with van der Waals surface area (Å²) in [7, 11) is 0. The fourth-order valence-electron chi connectivity index (χ4n) is 3.25. The Hall–Kier alpha value is 0.799. The summed E-state index contributed by atoms with van der Waals surface area (Å²) in [6.07, 6.45) is 10.7. The maximum atomic E-state index is 2.70. The molecule has 0 aromatic rings. The zero-order valence-corrected chi connectivity index (χ0v) is 14.6. The van der Waals surface area contributed by atoms with Gasteiger partial charge in [0, 0.05) is 0 Å². The second kappa shape index (κ2) is 7.19. The molecule has 0 N–H and O–H groups in total. The van der Waals surface area contributed by atoms with Crippen molar-refractivity contribution in [1.82, 2.24) is 0 Å². The number of unbranched alkanes of at least 4 members (excludes halogenated alkanes) is 1. The number of hydrogen-bond donors (Lipinski definition) is 0. The van der Waals surface area contributed by atoms with E-state index in [0.717, 1.165) is 9.85 Å². The van der Waals surface area contributed by atoms with Gasteiger partial charge in [-0.3, -0.25) is 0 Å². The average molecular weight is 317 g/mol. The first-order valence-electron chi connectivity index (χ1n) is 7.16. The van der Waals surface area contributed by atoms with Gasteiger partial charge in [-0.15, -0.1) is 0 Å². The van der Waals surface area contributed by atoms with Crippen LogP contribution in [0.25, 0.3) is 0 Å². The summed E-state index contributed by atoms with van der Waals surface area (Å²) in [5.74, 6) is 1.15. The molecule has 3 atom stereocenters. The minimum atomic E-state index is -1.17. The fourth-order valence-corrected chi connectivity index (χ4v) is 11.8. The molecular weight excluding hydrogens is 287 g/mol.